The third-order valence-corrected chi connectivity index (χ3v) is 7.47. The molecule has 0 bridgehead atoms. The van der Waals surface area contributed by atoms with Gasteiger partial charge in [-0.15, -0.1) is 0 Å². The molecule has 0 saturated carbocycles. The summed E-state index contributed by atoms with van der Waals surface area (Å²) in [4.78, 5) is 63.6. The van der Waals surface area contributed by atoms with E-state index in [1.807, 2.05) is 20.8 Å². The number of carbonyl (C=O) groups excluding carboxylic acids is 5. The summed E-state index contributed by atoms with van der Waals surface area (Å²) >= 11 is 1.59. The molecule has 0 spiro atoms. The number of likely N-dealkylation sites (N-methyl/N-ethyl adjacent to an activating group) is 1. The zero-order valence-corrected chi connectivity index (χ0v) is 25.4. The Balaban J connectivity index is 1.28. The van der Waals surface area contributed by atoms with Gasteiger partial charge in [-0.25, -0.2) is 4.79 Å². The molecule has 2 aliphatic heterocycles. The van der Waals surface area contributed by atoms with Gasteiger partial charge in [0.05, 0.1) is 37.2 Å². The lowest BCUT2D eigenvalue weighted by Crippen LogP contribution is -2.54. The van der Waals surface area contributed by atoms with E-state index < -0.39 is 23.5 Å². The van der Waals surface area contributed by atoms with Crippen molar-refractivity contribution in [3.63, 3.8) is 0 Å². The monoisotopic (exact) mass is 607 g/mol. The number of anilines is 1. The molecule has 0 radical (unpaired) electrons. The highest BCUT2D eigenvalue weighted by molar-refractivity contribution is 7.98. The highest BCUT2D eigenvalue weighted by Gasteiger charge is 2.35. The maximum Gasteiger partial charge on any atom is 0.410 e. The summed E-state index contributed by atoms with van der Waals surface area (Å²) in [7, 11) is 1.48. The quantitative estimate of drug-likeness (QED) is 0.115. The van der Waals surface area contributed by atoms with E-state index in [2.05, 4.69) is 15.4 Å². The van der Waals surface area contributed by atoms with Gasteiger partial charge < -0.3 is 29.3 Å². The van der Waals surface area contributed by atoms with E-state index in [0.717, 1.165) is 0 Å². The first-order valence-electron chi connectivity index (χ1n) is 13.9. The van der Waals surface area contributed by atoms with Crippen LogP contribution in [0.2, 0.25) is 0 Å². The molecule has 2 saturated heterocycles. The largest absolute Gasteiger partial charge is 0.444 e. The lowest BCUT2D eigenvalue weighted by Gasteiger charge is -2.39. The van der Waals surface area contributed by atoms with Crippen LogP contribution in [0.4, 0.5) is 10.5 Å². The van der Waals surface area contributed by atoms with Crippen LogP contribution in [0.3, 0.4) is 0 Å². The van der Waals surface area contributed by atoms with Crippen LogP contribution in [-0.2, 0) is 23.8 Å². The number of ether oxygens (including phenoxy) is 3. The number of aldehydes is 1. The van der Waals surface area contributed by atoms with Gasteiger partial charge in [0.25, 0.3) is 5.91 Å². The molecule has 4 amide bonds. The maximum absolute atomic E-state index is 13.3. The second-order valence-corrected chi connectivity index (χ2v) is 12.1. The Hall–Kier alpha value is -3.20. The van der Waals surface area contributed by atoms with Gasteiger partial charge in [0.15, 0.2) is 6.29 Å². The van der Waals surface area contributed by atoms with Crippen molar-refractivity contribution >= 4 is 47.7 Å². The summed E-state index contributed by atoms with van der Waals surface area (Å²) < 4.78 is 19.8. The van der Waals surface area contributed by atoms with Crippen LogP contribution in [0.25, 0.3) is 0 Å². The fraction of sp³-hybridized carbons (Fsp3) is 0.607. The second kappa shape index (κ2) is 15.9. The lowest BCUT2D eigenvalue weighted by atomic mass is 10.0. The number of carbonyl (C=O) groups is 5. The van der Waals surface area contributed by atoms with Gasteiger partial charge in [-0.1, -0.05) is 24.1 Å². The van der Waals surface area contributed by atoms with Crippen molar-refractivity contribution in [3.8, 4) is 0 Å². The molecule has 3 rings (SSSR count). The molecule has 3 N–H and O–H groups in total. The molecular formula is C28H41N5O8S. The number of piperidine rings is 1. The van der Waals surface area contributed by atoms with Gasteiger partial charge >= 0.3 is 6.09 Å². The minimum atomic E-state index is -0.799. The standard InChI is InChI=1S/C28H41N5O8S/c1-28(2,3)41-27(38)33-16-20(17-33)42-30-11-13-40-15-14-39-12-10-29-21-7-5-6-19(18-34)24(21)26(37)32(4)22-8-9-23(35)31-25(22)36/h5-7,18,20,22,29-30H,8-17H2,1-4H3,(H,31,35,36). The molecule has 13 nitrogen and oxygen atoms in total. The second-order valence-electron chi connectivity index (χ2n) is 10.9. The van der Waals surface area contributed by atoms with Gasteiger partial charge in [0.2, 0.25) is 11.8 Å². The molecule has 1 aromatic rings. The third-order valence-electron chi connectivity index (χ3n) is 6.47. The van der Waals surface area contributed by atoms with Crippen LogP contribution < -0.4 is 15.4 Å². The Morgan fingerprint density at radius 3 is 2.45 bits per heavy atom. The average molecular weight is 608 g/mol. The average Bonchev–Trinajstić information content (AvgIpc) is 2.90. The summed E-state index contributed by atoms with van der Waals surface area (Å²) in [6, 6.07) is 4.09. The molecule has 232 valence electrons. The van der Waals surface area contributed by atoms with E-state index >= 15 is 0 Å². The Bertz CT molecular complexity index is 1120. The number of benzene rings is 1. The highest BCUT2D eigenvalue weighted by Crippen LogP contribution is 2.24. The van der Waals surface area contributed by atoms with Crippen molar-refractivity contribution < 1.29 is 38.2 Å². The van der Waals surface area contributed by atoms with Crippen molar-refractivity contribution in [2.75, 3.05) is 65.0 Å². The smallest absolute Gasteiger partial charge is 0.410 e. The summed E-state index contributed by atoms with van der Waals surface area (Å²) in [5.41, 5.74) is 0.319. The SMILES string of the molecule is CN(C(=O)c1c(C=O)cccc1NCCOCCOCCNSC1CN(C(=O)OC(C)(C)C)C1)C1CCC(=O)NC1=O. The summed E-state index contributed by atoms with van der Waals surface area (Å²) in [5.74, 6) is -1.39. The van der Waals surface area contributed by atoms with E-state index in [4.69, 9.17) is 14.2 Å². The molecule has 2 aliphatic rings. The summed E-state index contributed by atoms with van der Waals surface area (Å²) in [6.07, 6.45) is 0.683. The predicted molar refractivity (Wildman–Crippen MR) is 157 cm³/mol. The molecule has 0 aliphatic carbocycles. The number of imide groups is 1. The van der Waals surface area contributed by atoms with Crippen LogP contribution >= 0.6 is 11.9 Å². The topological polar surface area (TPSA) is 156 Å². The normalized spacial score (nSPS) is 17.3. The maximum atomic E-state index is 13.3. The lowest BCUT2D eigenvalue weighted by molar-refractivity contribution is -0.136. The van der Waals surface area contributed by atoms with Crippen LogP contribution in [0.5, 0.6) is 0 Å². The molecular weight excluding hydrogens is 566 g/mol. The zero-order chi connectivity index (χ0) is 30.7. The Labute approximate surface area is 250 Å². The van der Waals surface area contributed by atoms with Crippen molar-refractivity contribution in [1.82, 2.24) is 19.8 Å². The number of nitrogens with one attached hydrogen (secondary N) is 3. The first-order chi connectivity index (χ1) is 20.0. The first kappa shape index (κ1) is 33.3. The zero-order valence-electron chi connectivity index (χ0n) is 24.6. The van der Waals surface area contributed by atoms with Crippen LogP contribution in [0.15, 0.2) is 18.2 Å². The molecule has 42 heavy (non-hydrogen) atoms. The number of nitrogens with zero attached hydrogens (tertiary/aromatic N) is 2. The third kappa shape index (κ3) is 9.96. The van der Waals surface area contributed by atoms with Gasteiger partial charge in [-0.3, -0.25) is 29.2 Å². The fourth-order valence-corrected chi connectivity index (χ4v) is 5.23. The van der Waals surface area contributed by atoms with Crippen molar-refractivity contribution in [3.05, 3.63) is 29.3 Å². The number of hydrogen-bond acceptors (Lipinski definition) is 11. The predicted octanol–water partition coefficient (Wildman–Crippen LogP) is 1.68. The Kier molecular flexibility index (Phi) is 12.6. The van der Waals surface area contributed by atoms with Gasteiger partial charge in [-0.05, 0) is 33.3 Å². The minimum Gasteiger partial charge on any atom is -0.444 e. The number of likely N-dealkylation sites (tertiary alicyclic amines) is 1. The molecule has 1 aromatic carbocycles. The van der Waals surface area contributed by atoms with E-state index in [-0.39, 0.29) is 36.0 Å². The fourth-order valence-electron chi connectivity index (χ4n) is 4.28. The number of amides is 4. The van der Waals surface area contributed by atoms with Crippen molar-refractivity contribution in [1.29, 1.82) is 0 Å². The molecule has 1 unspecified atom stereocenters. The van der Waals surface area contributed by atoms with E-state index in [1.54, 1.807) is 29.0 Å². The molecule has 2 fully saturated rings. The minimum absolute atomic E-state index is 0.141. The first-order valence-corrected chi connectivity index (χ1v) is 14.8. The van der Waals surface area contributed by atoms with Gasteiger partial charge in [0, 0.05) is 50.9 Å². The van der Waals surface area contributed by atoms with Gasteiger partial charge in [0.1, 0.15) is 11.6 Å². The summed E-state index contributed by atoms with van der Waals surface area (Å²) in [6.45, 7) is 9.57. The molecule has 1 atom stereocenters. The van der Waals surface area contributed by atoms with E-state index in [9.17, 15) is 24.0 Å². The summed E-state index contributed by atoms with van der Waals surface area (Å²) in [5, 5.41) is 5.71. The Morgan fingerprint density at radius 1 is 1.12 bits per heavy atom. The number of rotatable bonds is 15. The van der Waals surface area contributed by atoms with Crippen LogP contribution in [0, 0.1) is 0 Å². The Morgan fingerprint density at radius 2 is 1.81 bits per heavy atom. The van der Waals surface area contributed by atoms with Crippen LogP contribution in [0.1, 0.15) is 54.3 Å². The van der Waals surface area contributed by atoms with Gasteiger partial charge in [-0.2, -0.15) is 0 Å². The van der Waals surface area contributed by atoms with Crippen LogP contribution in [-0.4, -0.2) is 116 Å². The van der Waals surface area contributed by atoms with E-state index in [0.29, 0.717) is 69.8 Å². The number of hydrogen-bond donors (Lipinski definition) is 3. The molecule has 2 heterocycles. The van der Waals surface area contributed by atoms with Crippen molar-refractivity contribution in [2.45, 2.75) is 50.5 Å². The van der Waals surface area contributed by atoms with E-state index in [1.165, 1.54) is 18.0 Å². The van der Waals surface area contributed by atoms with Crippen molar-refractivity contribution in [2.24, 2.45) is 0 Å². The highest BCUT2D eigenvalue weighted by atomic mass is 32.2. The molecule has 0 aromatic heterocycles. The molecule has 14 heteroatoms.